The minimum absolute atomic E-state index is 0.232. The molecule has 0 fully saturated rings. The van der Waals surface area contributed by atoms with Crippen molar-refractivity contribution in [1.82, 2.24) is 0 Å². The number of hydrogen-bond donors (Lipinski definition) is 0. The molecule has 126 valence electrons. The lowest BCUT2D eigenvalue weighted by molar-refractivity contribution is 0.709. The first-order valence-electron chi connectivity index (χ1n) is 8.45. The Hall–Kier alpha value is -2.59. The number of benzene rings is 2. The molecule has 0 spiro atoms. The maximum Gasteiger partial charge on any atom is 0.0832 e. The van der Waals surface area contributed by atoms with Crippen molar-refractivity contribution in [2.45, 2.75) is 12.5 Å². The Balaban J connectivity index is 1.70. The summed E-state index contributed by atoms with van der Waals surface area (Å²) in [5.74, 6) is 0. The molecule has 0 aliphatic carbocycles. The number of hydrazone groups is 1. The van der Waals surface area contributed by atoms with Gasteiger partial charge in [0.05, 0.1) is 22.3 Å². The third-order valence-electron chi connectivity index (χ3n) is 4.53. The molecule has 0 saturated heterocycles. The Morgan fingerprint density at radius 3 is 2.36 bits per heavy atom. The summed E-state index contributed by atoms with van der Waals surface area (Å²) in [4.78, 5) is 3.38. The second-order valence-electron chi connectivity index (χ2n) is 6.41. The van der Waals surface area contributed by atoms with Crippen molar-refractivity contribution in [3.05, 3.63) is 82.6 Å². The highest BCUT2D eigenvalue weighted by Gasteiger charge is 2.30. The molecule has 1 aromatic heterocycles. The molecule has 4 rings (SSSR count). The molecule has 0 N–H and O–H groups in total. The zero-order valence-corrected chi connectivity index (χ0v) is 15.3. The van der Waals surface area contributed by atoms with Crippen LogP contribution in [0.5, 0.6) is 0 Å². The maximum atomic E-state index is 4.97. The first-order chi connectivity index (χ1) is 12.2. The average molecular weight is 347 g/mol. The molecular weight excluding hydrogens is 326 g/mol. The third-order valence-corrected chi connectivity index (χ3v) is 5.45. The Morgan fingerprint density at radius 2 is 1.72 bits per heavy atom. The molecule has 0 bridgehead atoms. The van der Waals surface area contributed by atoms with Crippen molar-refractivity contribution < 1.29 is 0 Å². The van der Waals surface area contributed by atoms with Gasteiger partial charge in [-0.1, -0.05) is 36.4 Å². The summed E-state index contributed by atoms with van der Waals surface area (Å²) in [7, 11) is 4.14. The van der Waals surface area contributed by atoms with Gasteiger partial charge in [0, 0.05) is 26.2 Å². The fourth-order valence-electron chi connectivity index (χ4n) is 3.17. The molecule has 1 unspecified atom stereocenters. The topological polar surface area (TPSA) is 18.8 Å². The molecule has 4 heteroatoms. The fourth-order valence-corrected chi connectivity index (χ4v) is 3.90. The number of nitrogens with zero attached hydrogens (tertiary/aromatic N) is 3. The van der Waals surface area contributed by atoms with Gasteiger partial charge in [-0.2, -0.15) is 5.10 Å². The molecule has 0 radical (unpaired) electrons. The highest BCUT2D eigenvalue weighted by atomic mass is 32.1. The van der Waals surface area contributed by atoms with Gasteiger partial charge in [0.1, 0.15) is 0 Å². The molecule has 0 amide bonds. The quantitative estimate of drug-likeness (QED) is 0.648. The van der Waals surface area contributed by atoms with Crippen LogP contribution in [0.1, 0.15) is 22.9 Å². The zero-order chi connectivity index (χ0) is 17.2. The van der Waals surface area contributed by atoms with Gasteiger partial charge in [0.15, 0.2) is 0 Å². The minimum atomic E-state index is 0.232. The van der Waals surface area contributed by atoms with E-state index in [9.17, 15) is 0 Å². The van der Waals surface area contributed by atoms with Gasteiger partial charge in [0.25, 0.3) is 0 Å². The SMILES string of the molecule is CN(C)c1ccc(C2CC(c3cccs3)=NN2c2ccccc2)cc1. The highest BCUT2D eigenvalue weighted by molar-refractivity contribution is 7.12. The van der Waals surface area contributed by atoms with Crippen LogP contribution in [0, 0.1) is 0 Å². The van der Waals surface area contributed by atoms with E-state index in [1.54, 1.807) is 11.3 Å². The summed E-state index contributed by atoms with van der Waals surface area (Å²) in [5.41, 5.74) is 4.81. The number of thiophene rings is 1. The van der Waals surface area contributed by atoms with Crippen molar-refractivity contribution in [2.24, 2.45) is 5.10 Å². The smallest absolute Gasteiger partial charge is 0.0832 e. The van der Waals surface area contributed by atoms with Crippen LogP contribution in [-0.2, 0) is 0 Å². The second-order valence-corrected chi connectivity index (χ2v) is 7.36. The van der Waals surface area contributed by atoms with E-state index in [1.165, 1.54) is 21.8 Å². The van der Waals surface area contributed by atoms with Crippen molar-refractivity contribution in [2.75, 3.05) is 24.0 Å². The number of rotatable bonds is 4. The van der Waals surface area contributed by atoms with E-state index < -0.39 is 0 Å². The van der Waals surface area contributed by atoms with Crippen molar-refractivity contribution in [3.8, 4) is 0 Å². The van der Waals surface area contributed by atoms with E-state index in [4.69, 9.17) is 5.10 Å². The molecule has 3 nitrogen and oxygen atoms in total. The highest BCUT2D eigenvalue weighted by Crippen LogP contribution is 2.37. The summed E-state index contributed by atoms with van der Waals surface area (Å²) >= 11 is 1.76. The van der Waals surface area contributed by atoms with Crippen molar-refractivity contribution in [1.29, 1.82) is 0 Å². The van der Waals surface area contributed by atoms with Crippen molar-refractivity contribution >= 4 is 28.4 Å². The van der Waals surface area contributed by atoms with Crippen molar-refractivity contribution in [3.63, 3.8) is 0 Å². The standard InChI is InChI=1S/C21H21N3S/c1-23(2)17-12-10-16(11-13-17)20-15-19(21-9-6-14-25-21)22-24(20)18-7-4-3-5-8-18/h3-14,20H,15H2,1-2H3. The molecule has 25 heavy (non-hydrogen) atoms. The van der Waals surface area contributed by atoms with Gasteiger partial charge in [-0.3, -0.25) is 5.01 Å². The number of anilines is 2. The monoisotopic (exact) mass is 347 g/mol. The predicted octanol–water partition coefficient (Wildman–Crippen LogP) is 5.17. The minimum Gasteiger partial charge on any atom is -0.378 e. The number of para-hydroxylation sites is 1. The fraction of sp³-hybridized carbons (Fsp3) is 0.190. The van der Waals surface area contributed by atoms with E-state index >= 15 is 0 Å². The average Bonchev–Trinajstić information content (AvgIpc) is 3.32. The third kappa shape index (κ3) is 3.17. The van der Waals surface area contributed by atoms with Gasteiger partial charge in [0.2, 0.25) is 0 Å². The summed E-state index contributed by atoms with van der Waals surface area (Å²) in [6.45, 7) is 0. The first-order valence-corrected chi connectivity index (χ1v) is 9.33. The van der Waals surface area contributed by atoms with Crippen LogP contribution in [0.3, 0.4) is 0 Å². The summed E-state index contributed by atoms with van der Waals surface area (Å²) < 4.78 is 0. The summed E-state index contributed by atoms with van der Waals surface area (Å²) in [5, 5.41) is 9.25. The van der Waals surface area contributed by atoms with Gasteiger partial charge >= 0.3 is 0 Å². The summed E-state index contributed by atoms with van der Waals surface area (Å²) in [6.07, 6.45) is 0.927. The Kier molecular flexibility index (Phi) is 4.28. The predicted molar refractivity (Wildman–Crippen MR) is 108 cm³/mol. The lowest BCUT2D eigenvalue weighted by atomic mass is 10.0. The maximum absolute atomic E-state index is 4.97. The van der Waals surface area contributed by atoms with Gasteiger partial charge in [-0.25, -0.2) is 0 Å². The summed E-state index contributed by atoms with van der Waals surface area (Å²) in [6, 6.07) is 23.7. The molecule has 0 saturated carbocycles. The molecule has 1 aliphatic heterocycles. The van der Waals surface area contributed by atoms with E-state index in [1.807, 2.05) is 6.07 Å². The number of hydrogen-bond acceptors (Lipinski definition) is 4. The van der Waals surface area contributed by atoms with Crippen LogP contribution in [-0.4, -0.2) is 19.8 Å². The zero-order valence-electron chi connectivity index (χ0n) is 14.5. The van der Waals surface area contributed by atoms with Gasteiger partial charge in [-0.05, 0) is 41.3 Å². The van der Waals surface area contributed by atoms with Crippen LogP contribution in [0.15, 0.2) is 77.2 Å². The largest absolute Gasteiger partial charge is 0.378 e. The Morgan fingerprint density at radius 1 is 0.960 bits per heavy atom. The molecule has 1 atom stereocenters. The van der Waals surface area contributed by atoms with Gasteiger partial charge < -0.3 is 4.90 Å². The van der Waals surface area contributed by atoms with Crippen LogP contribution >= 0.6 is 11.3 Å². The van der Waals surface area contributed by atoms with E-state index in [2.05, 4.69) is 90.0 Å². The van der Waals surface area contributed by atoms with Crippen LogP contribution in [0.2, 0.25) is 0 Å². The molecular formula is C21H21N3S. The lowest BCUT2D eigenvalue weighted by Gasteiger charge is -2.24. The second kappa shape index (κ2) is 6.73. The van der Waals surface area contributed by atoms with E-state index in [0.29, 0.717) is 0 Å². The van der Waals surface area contributed by atoms with E-state index in [0.717, 1.165) is 12.1 Å². The normalized spacial score (nSPS) is 16.8. The molecule has 3 aromatic rings. The van der Waals surface area contributed by atoms with Gasteiger partial charge in [-0.15, -0.1) is 11.3 Å². The van der Waals surface area contributed by atoms with Crippen LogP contribution in [0.25, 0.3) is 0 Å². The van der Waals surface area contributed by atoms with Crippen LogP contribution in [0.4, 0.5) is 11.4 Å². The molecule has 1 aliphatic rings. The Labute approximate surface area is 152 Å². The lowest BCUT2D eigenvalue weighted by Crippen LogP contribution is -2.18. The molecule has 2 heterocycles. The van der Waals surface area contributed by atoms with E-state index in [-0.39, 0.29) is 6.04 Å². The molecule has 2 aromatic carbocycles. The Bertz CT molecular complexity index is 852. The van der Waals surface area contributed by atoms with Crippen LogP contribution < -0.4 is 9.91 Å². The first kappa shape index (κ1) is 15.9.